The monoisotopic (exact) mass is 468 g/mol. The van der Waals surface area contributed by atoms with E-state index in [-0.39, 0.29) is 36.4 Å². The SMILES string of the molecule is C#CCNC(=NCC(=O)N1CCC(Cc2ccccc2)CC1)NCC.I. The number of nitrogens with one attached hydrogen (secondary N) is 2. The van der Waals surface area contributed by atoms with Crippen LogP contribution < -0.4 is 10.6 Å². The van der Waals surface area contributed by atoms with E-state index in [0.717, 1.165) is 38.9 Å². The fourth-order valence-corrected chi connectivity index (χ4v) is 3.06. The van der Waals surface area contributed by atoms with Crippen LogP contribution in [0.25, 0.3) is 0 Å². The highest BCUT2D eigenvalue weighted by Gasteiger charge is 2.22. The summed E-state index contributed by atoms with van der Waals surface area (Å²) in [5.74, 6) is 3.83. The van der Waals surface area contributed by atoms with Crippen LogP contribution in [0.5, 0.6) is 0 Å². The topological polar surface area (TPSA) is 56.7 Å². The third kappa shape index (κ3) is 7.65. The number of benzene rings is 1. The van der Waals surface area contributed by atoms with Gasteiger partial charge in [0.15, 0.2) is 5.96 Å². The van der Waals surface area contributed by atoms with Crippen molar-refractivity contribution in [3.63, 3.8) is 0 Å². The van der Waals surface area contributed by atoms with Crippen LogP contribution in [0, 0.1) is 18.3 Å². The number of terminal acetylenes is 1. The van der Waals surface area contributed by atoms with Crippen LogP contribution in [0.2, 0.25) is 0 Å². The highest BCUT2D eigenvalue weighted by molar-refractivity contribution is 14.0. The van der Waals surface area contributed by atoms with E-state index in [1.807, 2.05) is 17.9 Å². The maximum Gasteiger partial charge on any atom is 0.244 e. The molecule has 0 bridgehead atoms. The second-order valence-corrected chi connectivity index (χ2v) is 6.27. The molecular weight excluding hydrogens is 439 g/mol. The maximum atomic E-state index is 12.4. The summed E-state index contributed by atoms with van der Waals surface area (Å²) in [6.45, 7) is 4.90. The van der Waals surface area contributed by atoms with Gasteiger partial charge in [-0.15, -0.1) is 30.4 Å². The Bertz CT molecular complexity index is 604. The van der Waals surface area contributed by atoms with E-state index in [4.69, 9.17) is 6.42 Å². The minimum atomic E-state index is 0. The molecule has 0 unspecified atom stereocenters. The molecule has 2 N–H and O–H groups in total. The predicted molar refractivity (Wildman–Crippen MR) is 118 cm³/mol. The highest BCUT2D eigenvalue weighted by Crippen LogP contribution is 2.21. The Balaban J connectivity index is 0.00000338. The first kappa shape index (κ1) is 22.3. The highest BCUT2D eigenvalue weighted by atomic mass is 127. The molecule has 1 aliphatic rings. The molecule has 1 fully saturated rings. The van der Waals surface area contributed by atoms with Gasteiger partial charge in [0.1, 0.15) is 6.54 Å². The number of hydrogen-bond donors (Lipinski definition) is 2. The Labute approximate surface area is 174 Å². The zero-order valence-electron chi connectivity index (χ0n) is 15.4. The zero-order chi connectivity index (χ0) is 17.9. The van der Waals surface area contributed by atoms with Crippen LogP contribution in [0.4, 0.5) is 0 Å². The number of piperidine rings is 1. The van der Waals surface area contributed by atoms with Gasteiger partial charge in [-0.25, -0.2) is 4.99 Å². The molecule has 6 heteroatoms. The Morgan fingerprint density at radius 3 is 2.58 bits per heavy atom. The fraction of sp³-hybridized carbons (Fsp3) is 0.500. The number of guanidine groups is 1. The molecule has 2 rings (SSSR count). The van der Waals surface area contributed by atoms with Crippen molar-refractivity contribution in [2.24, 2.45) is 10.9 Å². The summed E-state index contributed by atoms with van der Waals surface area (Å²) in [5.41, 5.74) is 1.38. The number of amides is 1. The van der Waals surface area contributed by atoms with Crippen molar-refractivity contribution in [3.05, 3.63) is 35.9 Å². The van der Waals surface area contributed by atoms with Crippen molar-refractivity contribution in [1.82, 2.24) is 15.5 Å². The first-order chi connectivity index (χ1) is 12.2. The molecule has 26 heavy (non-hydrogen) atoms. The summed E-state index contributed by atoms with van der Waals surface area (Å²) in [6, 6.07) is 10.6. The number of hydrogen-bond acceptors (Lipinski definition) is 2. The van der Waals surface area contributed by atoms with Crippen molar-refractivity contribution < 1.29 is 4.79 Å². The average Bonchev–Trinajstić information content (AvgIpc) is 2.65. The van der Waals surface area contributed by atoms with Crippen LogP contribution >= 0.6 is 24.0 Å². The summed E-state index contributed by atoms with van der Waals surface area (Å²) in [4.78, 5) is 18.6. The first-order valence-corrected chi connectivity index (χ1v) is 9.00. The van der Waals surface area contributed by atoms with Crippen LogP contribution in [-0.4, -0.2) is 49.5 Å². The Morgan fingerprint density at radius 2 is 1.96 bits per heavy atom. The molecule has 5 nitrogen and oxygen atoms in total. The molecule has 0 atom stereocenters. The summed E-state index contributed by atoms with van der Waals surface area (Å²) in [7, 11) is 0. The number of likely N-dealkylation sites (tertiary alicyclic amines) is 1. The van der Waals surface area contributed by atoms with Crippen LogP contribution in [-0.2, 0) is 11.2 Å². The molecule has 0 aliphatic carbocycles. The second kappa shape index (κ2) is 12.6. The minimum Gasteiger partial charge on any atom is -0.357 e. The largest absolute Gasteiger partial charge is 0.357 e. The lowest BCUT2D eigenvalue weighted by atomic mass is 9.90. The van der Waals surface area contributed by atoms with Crippen molar-refractivity contribution in [1.29, 1.82) is 0 Å². The van der Waals surface area contributed by atoms with Gasteiger partial charge in [0.2, 0.25) is 5.91 Å². The molecule has 0 saturated carbocycles. The van der Waals surface area contributed by atoms with E-state index >= 15 is 0 Å². The number of halogens is 1. The quantitative estimate of drug-likeness (QED) is 0.292. The van der Waals surface area contributed by atoms with E-state index < -0.39 is 0 Å². The smallest absolute Gasteiger partial charge is 0.244 e. The van der Waals surface area contributed by atoms with Crippen molar-refractivity contribution in [2.45, 2.75) is 26.2 Å². The fourth-order valence-electron chi connectivity index (χ4n) is 3.06. The summed E-state index contributed by atoms with van der Waals surface area (Å²) in [5, 5.41) is 6.08. The lowest BCUT2D eigenvalue weighted by Crippen LogP contribution is -2.42. The van der Waals surface area contributed by atoms with E-state index in [9.17, 15) is 4.79 Å². The minimum absolute atomic E-state index is 0. The molecular formula is C20H29IN4O. The van der Waals surface area contributed by atoms with Gasteiger partial charge < -0.3 is 15.5 Å². The van der Waals surface area contributed by atoms with Crippen molar-refractivity contribution in [2.75, 3.05) is 32.7 Å². The lowest BCUT2D eigenvalue weighted by Gasteiger charge is -2.31. The van der Waals surface area contributed by atoms with Crippen molar-refractivity contribution >= 4 is 35.8 Å². The van der Waals surface area contributed by atoms with Gasteiger partial charge in [-0.1, -0.05) is 36.3 Å². The van der Waals surface area contributed by atoms with Gasteiger partial charge >= 0.3 is 0 Å². The Morgan fingerprint density at radius 1 is 1.27 bits per heavy atom. The summed E-state index contributed by atoms with van der Waals surface area (Å²) in [6.07, 6.45) is 8.45. The molecule has 0 radical (unpaired) electrons. The van der Waals surface area contributed by atoms with Crippen LogP contribution in [0.15, 0.2) is 35.3 Å². The van der Waals surface area contributed by atoms with Gasteiger partial charge in [-0.05, 0) is 37.7 Å². The van der Waals surface area contributed by atoms with E-state index in [0.29, 0.717) is 18.4 Å². The first-order valence-electron chi connectivity index (χ1n) is 9.00. The molecule has 1 aromatic rings. The molecule has 0 aromatic heterocycles. The molecule has 1 saturated heterocycles. The summed E-state index contributed by atoms with van der Waals surface area (Å²) >= 11 is 0. The third-order valence-electron chi connectivity index (χ3n) is 4.41. The molecule has 1 heterocycles. The van der Waals surface area contributed by atoms with E-state index in [2.05, 4.69) is 45.8 Å². The molecule has 1 amide bonds. The molecule has 1 aliphatic heterocycles. The van der Waals surface area contributed by atoms with Gasteiger partial charge in [0, 0.05) is 19.6 Å². The lowest BCUT2D eigenvalue weighted by molar-refractivity contribution is -0.130. The third-order valence-corrected chi connectivity index (χ3v) is 4.41. The molecule has 0 spiro atoms. The predicted octanol–water partition coefficient (Wildman–Crippen LogP) is 2.27. The number of rotatable bonds is 6. The second-order valence-electron chi connectivity index (χ2n) is 6.27. The maximum absolute atomic E-state index is 12.4. The van der Waals surface area contributed by atoms with Gasteiger partial charge in [-0.2, -0.15) is 0 Å². The number of carbonyl (C=O) groups is 1. The van der Waals surface area contributed by atoms with Gasteiger partial charge in [-0.3, -0.25) is 4.79 Å². The molecule has 1 aromatic carbocycles. The zero-order valence-corrected chi connectivity index (χ0v) is 17.7. The summed E-state index contributed by atoms with van der Waals surface area (Å²) < 4.78 is 0. The molecule has 142 valence electrons. The number of aliphatic imine (C=N–C) groups is 1. The number of carbonyl (C=O) groups excluding carboxylic acids is 1. The number of nitrogens with zero attached hydrogens (tertiary/aromatic N) is 2. The van der Waals surface area contributed by atoms with E-state index in [1.54, 1.807) is 0 Å². The van der Waals surface area contributed by atoms with Crippen LogP contribution in [0.1, 0.15) is 25.3 Å². The van der Waals surface area contributed by atoms with Crippen molar-refractivity contribution in [3.8, 4) is 12.3 Å². The Hall–Kier alpha value is -1.75. The normalized spacial score (nSPS) is 14.9. The van der Waals surface area contributed by atoms with Crippen LogP contribution in [0.3, 0.4) is 0 Å². The average molecular weight is 468 g/mol. The van der Waals surface area contributed by atoms with Gasteiger partial charge in [0.25, 0.3) is 0 Å². The van der Waals surface area contributed by atoms with E-state index in [1.165, 1.54) is 5.56 Å². The Kier molecular flexibility index (Phi) is 10.8. The standard InChI is InChI=1S/C20H28N4O.HI/c1-3-12-22-20(21-4-2)23-16-19(25)24-13-10-18(11-14-24)15-17-8-6-5-7-9-17;/h1,5-9,18H,4,10-16H2,2H3,(H2,21,22,23);1H. The van der Waals surface area contributed by atoms with Gasteiger partial charge in [0.05, 0.1) is 6.54 Å².